The van der Waals surface area contributed by atoms with Crippen molar-refractivity contribution >= 4 is 22.6 Å². The zero-order valence-electron chi connectivity index (χ0n) is 9.44. The van der Waals surface area contributed by atoms with Crippen LogP contribution in [0.25, 0.3) is 16.9 Å². The molecule has 0 saturated carbocycles. The average molecular weight is 265 g/mol. The topological polar surface area (TPSA) is 60.2 Å². The van der Waals surface area contributed by atoms with E-state index >= 15 is 0 Å². The lowest BCUT2D eigenvalue weighted by atomic mass is 10.3. The van der Waals surface area contributed by atoms with Crippen molar-refractivity contribution in [3.63, 3.8) is 0 Å². The molecule has 0 unspecified atom stereocenters. The first-order valence-corrected chi connectivity index (χ1v) is 5.62. The summed E-state index contributed by atoms with van der Waals surface area (Å²) in [6.07, 6.45) is 0. The van der Waals surface area contributed by atoms with Crippen molar-refractivity contribution in [1.29, 1.82) is 0 Å². The third kappa shape index (κ3) is 1.52. The van der Waals surface area contributed by atoms with Crippen LogP contribution in [0.1, 0.15) is 0 Å². The molecular formula is C12H9ClN2O3. The summed E-state index contributed by atoms with van der Waals surface area (Å²) in [6.45, 7) is 0. The molecule has 2 aromatic heterocycles. The molecule has 1 N–H and O–H groups in total. The third-order valence-corrected chi connectivity index (χ3v) is 2.88. The van der Waals surface area contributed by atoms with Crippen molar-refractivity contribution in [1.82, 2.24) is 9.55 Å². The van der Waals surface area contributed by atoms with Gasteiger partial charge in [-0.15, -0.1) is 0 Å². The second kappa shape index (κ2) is 3.96. The summed E-state index contributed by atoms with van der Waals surface area (Å²) in [4.78, 5) is 14.7. The number of para-hydroxylation sites is 1. The number of nitrogens with one attached hydrogen (secondary N) is 1. The molecule has 0 atom stereocenters. The fraction of sp³-hybridized carbons (Fsp3) is 0.0833. The highest BCUT2D eigenvalue weighted by molar-refractivity contribution is 6.28. The lowest BCUT2D eigenvalue weighted by Gasteiger charge is -2.01. The van der Waals surface area contributed by atoms with Gasteiger partial charge in [-0.3, -0.25) is 0 Å². The van der Waals surface area contributed by atoms with Gasteiger partial charge in [-0.1, -0.05) is 6.07 Å². The van der Waals surface area contributed by atoms with Crippen LogP contribution < -0.4 is 10.4 Å². The molecule has 0 fully saturated rings. The molecule has 92 valence electrons. The number of nitrogens with zero attached hydrogens (tertiary/aromatic N) is 1. The van der Waals surface area contributed by atoms with Crippen LogP contribution in [0, 0.1) is 0 Å². The van der Waals surface area contributed by atoms with Gasteiger partial charge in [0.15, 0.2) is 5.22 Å². The van der Waals surface area contributed by atoms with Gasteiger partial charge in [-0.05, 0) is 29.8 Å². The number of furan rings is 1. The molecule has 0 amide bonds. The first-order valence-electron chi connectivity index (χ1n) is 5.24. The SMILES string of the molecule is COc1cccc2c1[nH]c(=O)n2-c1ccc(Cl)o1. The number of aromatic amines is 1. The standard InChI is InChI=1S/C12H9ClN2O3/c1-17-8-4-2-3-7-11(8)14-12(16)15(7)10-6-5-9(13)18-10/h2-6H,1H3,(H,14,16). The van der Waals surface area contributed by atoms with Crippen molar-refractivity contribution < 1.29 is 9.15 Å². The summed E-state index contributed by atoms with van der Waals surface area (Å²) < 4.78 is 11.9. The highest BCUT2D eigenvalue weighted by Gasteiger charge is 2.14. The number of aromatic nitrogens is 2. The molecule has 3 rings (SSSR count). The van der Waals surface area contributed by atoms with E-state index in [-0.39, 0.29) is 10.9 Å². The first-order chi connectivity index (χ1) is 8.70. The summed E-state index contributed by atoms with van der Waals surface area (Å²) >= 11 is 5.72. The maximum atomic E-state index is 12.0. The van der Waals surface area contributed by atoms with E-state index in [9.17, 15) is 4.79 Å². The van der Waals surface area contributed by atoms with Crippen LogP contribution in [-0.2, 0) is 0 Å². The Kier molecular flexibility index (Phi) is 2.41. The van der Waals surface area contributed by atoms with Gasteiger partial charge >= 0.3 is 5.69 Å². The van der Waals surface area contributed by atoms with E-state index in [0.29, 0.717) is 22.7 Å². The molecular weight excluding hydrogens is 256 g/mol. The summed E-state index contributed by atoms with van der Waals surface area (Å²) in [6, 6.07) is 8.60. The molecule has 6 heteroatoms. The van der Waals surface area contributed by atoms with Crippen LogP contribution in [0.2, 0.25) is 5.22 Å². The number of hydrogen-bond acceptors (Lipinski definition) is 3. The predicted molar refractivity (Wildman–Crippen MR) is 67.7 cm³/mol. The average Bonchev–Trinajstić information content (AvgIpc) is 2.91. The molecule has 18 heavy (non-hydrogen) atoms. The summed E-state index contributed by atoms with van der Waals surface area (Å²) in [5, 5.41) is 0.231. The molecule has 1 aromatic carbocycles. The number of fused-ring (bicyclic) bond motifs is 1. The second-order valence-electron chi connectivity index (χ2n) is 3.70. The Bertz CT molecular complexity index is 769. The van der Waals surface area contributed by atoms with E-state index in [1.165, 1.54) is 4.57 Å². The maximum Gasteiger partial charge on any atom is 0.333 e. The van der Waals surface area contributed by atoms with Crippen LogP contribution in [-0.4, -0.2) is 16.7 Å². The monoisotopic (exact) mass is 264 g/mol. The zero-order valence-corrected chi connectivity index (χ0v) is 10.2. The van der Waals surface area contributed by atoms with Crippen LogP contribution >= 0.6 is 11.6 Å². The van der Waals surface area contributed by atoms with Crippen LogP contribution in [0.5, 0.6) is 5.75 Å². The zero-order chi connectivity index (χ0) is 12.7. The Morgan fingerprint density at radius 3 is 2.83 bits per heavy atom. The largest absolute Gasteiger partial charge is 0.494 e. The van der Waals surface area contributed by atoms with Crippen LogP contribution in [0.4, 0.5) is 0 Å². The lowest BCUT2D eigenvalue weighted by molar-refractivity contribution is 0.419. The lowest BCUT2D eigenvalue weighted by Crippen LogP contribution is -2.13. The molecule has 0 aliphatic rings. The third-order valence-electron chi connectivity index (χ3n) is 2.68. The van der Waals surface area contributed by atoms with Crippen molar-refractivity contribution in [2.45, 2.75) is 0 Å². The fourth-order valence-electron chi connectivity index (χ4n) is 1.92. The predicted octanol–water partition coefficient (Wildman–Crippen LogP) is 2.57. The molecule has 0 saturated heterocycles. The van der Waals surface area contributed by atoms with Crippen molar-refractivity contribution in [3.8, 4) is 11.6 Å². The highest BCUT2D eigenvalue weighted by Crippen LogP contribution is 2.25. The van der Waals surface area contributed by atoms with Gasteiger partial charge in [0.2, 0.25) is 5.88 Å². The van der Waals surface area contributed by atoms with Gasteiger partial charge in [0.25, 0.3) is 0 Å². The highest BCUT2D eigenvalue weighted by atomic mass is 35.5. The van der Waals surface area contributed by atoms with Crippen molar-refractivity contribution in [2.75, 3.05) is 7.11 Å². The van der Waals surface area contributed by atoms with Crippen molar-refractivity contribution in [3.05, 3.63) is 46.0 Å². The molecule has 2 heterocycles. The quantitative estimate of drug-likeness (QED) is 0.774. The Morgan fingerprint density at radius 2 is 2.17 bits per heavy atom. The van der Waals surface area contributed by atoms with Crippen LogP contribution in [0.3, 0.4) is 0 Å². The number of imidazole rings is 1. The number of benzene rings is 1. The summed E-state index contributed by atoms with van der Waals surface area (Å²) in [5.41, 5.74) is 0.989. The van der Waals surface area contributed by atoms with E-state index in [0.717, 1.165) is 0 Å². The van der Waals surface area contributed by atoms with Gasteiger partial charge in [0, 0.05) is 6.07 Å². The molecule has 0 aliphatic carbocycles. The number of halogens is 1. The number of H-pyrrole nitrogens is 1. The number of rotatable bonds is 2. The van der Waals surface area contributed by atoms with E-state index < -0.39 is 0 Å². The summed E-state index contributed by atoms with van der Waals surface area (Å²) in [5.74, 6) is 0.963. The minimum Gasteiger partial charge on any atom is -0.494 e. The van der Waals surface area contributed by atoms with Crippen molar-refractivity contribution in [2.24, 2.45) is 0 Å². The van der Waals surface area contributed by atoms with E-state index in [4.69, 9.17) is 20.8 Å². The molecule has 5 nitrogen and oxygen atoms in total. The fourth-order valence-corrected chi connectivity index (χ4v) is 2.06. The Morgan fingerprint density at radius 1 is 1.33 bits per heavy atom. The number of hydrogen-bond donors (Lipinski definition) is 1. The molecule has 0 radical (unpaired) electrons. The van der Waals surface area contributed by atoms with Gasteiger partial charge in [-0.25, -0.2) is 9.36 Å². The summed E-state index contributed by atoms with van der Waals surface area (Å²) in [7, 11) is 1.55. The van der Waals surface area contributed by atoms with Gasteiger partial charge in [0.05, 0.1) is 12.6 Å². The Labute approximate surface area is 107 Å². The van der Waals surface area contributed by atoms with E-state index in [1.807, 2.05) is 0 Å². The molecule has 0 bridgehead atoms. The van der Waals surface area contributed by atoms with Crippen LogP contribution in [0.15, 0.2) is 39.5 Å². The van der Waals surface area contributed by atoms with Gasteiger partial charge < -0.3 is 14.1 Å². The Hall–Kier alpha value is -2.14. The molecule has 0 spiro atoms. The van der Waals surface area contributed by atoms with Gasteiger partial charge in [-0.2, -0.15) is 0 Å². The van der Waals surface area contributed by atoms with E-state index in [1.54, 1.807) is 37.4 Å². The molecule has 3 aromatic rings. The number of ether oxygens (including phenoxy) is 1. The molecule has 0 aliphatic heterocycles. The van der Waals surface area contributed by atoms with E-state index in [2.05, 4.69) is 4.98 Å². The normalized spacial score (nSPS) is 11.0. The smallest absolute Gasteiger partial charge is 0.333 e. The minimum atomic E-state index is -0.305. The van der Waals surface area contributed by atoms with Gasteiger partial charge in [0.1, 0.15) is 11.3 Å². The Balaban J connectivity index is 2.36. The second-order valence-corrected chi connectivity index (χ2v) is 4.07. The minimum absolute atomic E-state index is 0.231. The number of methoxy groups -OCH3 is 1. The maximum absolute atomic E-state index is 12.0. The first kappa shape index (κ1) is 11.0.